The lowest BCUT2D eigenvalue weighted by molar-refractivity contribution is -0.166. The lowest BCUT2D eigenvalue weighted by atomic mass is 9.58. The highest BCUT2D eigenvalue weighted by molar-refractivity contribution is 5.15. The summed E-state index contributed by atoms with van der Waals surface area (Å²) in [4.78, 5) is 0. The zero-order valence-electron chi connectivity index (χ0n) is 10.7. The largest absolute Gasteiger partial charge is 0.388 e. The minimum atomic E-state index is -0.824. The number of nitrogens with zero attached hydrogens (tertiary/aromatic N) is 1. The van der Waals surface area contributed by atoms with Gasteiger partial charge < -0.3 is 9.84 Å². The second-order valence-corrected chi connectivity index (χ2v) is 5.63. The molecule has 1 aliphatic carbocycles. The molecule has 0 amide bonds. The Hall–Kier alpha value is -0.590. The molecule has 0 aromatic rings. The van der Waals surface area contributed by atoms with Gasteiger partial charge in [-0.05, 0) is 31.6 Å². The highest BCUT2D eigenvalue weighted by Gasteiger charge is 2.56. The Balaban J connectivity index is 2.29. The quantitative estimate of drug-likeness (QED) is 0.803. The number of rotatable bonds is 2. The van der Waals surface area contributed by atoms with E-state index in [1.165, 1.54) is 6.42 Å². The molecule has 3 heteroatoms. The number of ether oxygens (including phenoxy) is 1. The summed E-state index contributed by atoms with van der Waals surface area (Å²) in [6.07, 6.45) is 6.68. The van der Waals surface area contributed by atoms with Crippen LogP contribution in [0.15, 0.2) is 0 Å². The number of aliphatic hydroxyl groups is 1. The third-order valence-electron chi connectivity index (χ3n) is 4.81. The van der Waals surface area contributed by atoms with E-state index in [2.05, 4.69) is 13.0 Å². The molecule has 1 saturated heterocycles. The van der Waals surface area contributed by atoms with E-state index in [9.17, 15) is 10.4 Å². The maximum atomic E-state index is 11.1. The van der Waals surface area contributed by atoms with Crippen LogP contribution < -0.4 is 0 Å². The summed E-state index contributed by atoms with van der Waals surface area (Å²) in [6, 6.07) is 2.42. The van der Waals surface area contributed by atoms with Gasteiger partial charge >= 0.3 is 0 Å². The summed E-state index contributed by atoms with van der Waals surface area (Å²) in [7, 11) is 0. The first-order valence-electron chi connectivity index (χ1n) is 6.90. The van der Waals surface area contributed by atoms with Gasteiger partial charge in [-0.1, -0.05) is 26.2 Å². The van der Waals surface area contributed by atoms with Crippen LogP contribution in [0.5, 0.6) is 0 Å². The molecule has 3 unspecified atom stereocenters. The average molecular weight is 237 g/mol. The fourth-order valence-electron chi connectivity index (χ4n) is 3.72. The molecule has 1 N–H and O–H groups in total. The average Bonchev–Trinajstić information content (AvgIpc) is 2.40. The summed E-state index contributed by atoms with van der Waals surface area (Å²) < 4.78 is 5.51. The van der Waals surface area contributed by atoms with Gasteiger partial charge in [-0.3, -0.25) is 0 Å². The molecule has 2 fully saturated rings. The zero-order chi connectivity index (χ0) is 12.4. The van der Waals surface area contributed by atoms with E-state index in [4.69, 9.17) is 4.74 Å². The first-order chi connectivity index (χ1) is 8.18. The van der Waals surface area contributed by atoms with Crippen LogP contribution in [0.4, 0.5) is 0 Å². The highest BCUT2D eigenvalue weighted by Crippen LogP contribution is 2.50. The van der Waals surface area contributed by atoms with E-state index in [1.54, 1.807) is 0 Å². The standard InChI is InChI=1S/C14H23NO2/c1-2-12-6-3-4-8-14(12,16)13(10-15)7-5-9-17-11-13/h12,16H,2-9,11H2,1H3. The summed E-state index contributed by atoms with van der Waals surface area (Å²) in [5.41, 5.74) is -1.48. The topological polar surface area (TPSA) is 53.2 Å². The molecule has 1 saturated carbocycles. The van der Waals surface area contributed by atoms with Crippen LogP contribution in [-0.2, 0) is 4.74 Å². The Morgan fingerprint density at radius 2 is 2.18 bits per heavy atom. The van der Waals surface area contributed by atoms with Gasteiger partial charge in [0.2, 0.25) is 0 Å². The minimum absolute atomic E-state index is 0.262. The van der Waals surface area contributed by atoms with Crippen LogP contribution in [0.3, 0.4) is 0 Å². The summed E-state index contributed by atoms with van der Waals surface area (Å²) in [6.45, 7) is 3.27. The molecule has 3 nitrogen and oxygen atoms in total. The molecule has 0 bridgehead atoms. The number of nitriles is 1. The lowest BCUT2D eigenvalue weighted by Crippen LogP contribution is -2.57. The predicted molar refractivity (Wildman–Crippen MR) is 65.3 cm³/mol. The Morgan fingerprint density at radius 1 is 1.35 bits per heavy atom. The summed E-state index contributed by atoms with van der Waals surface area (Å²) in [5.74, 6) is 0.262. The van der Waals surface area contributed by atoms with Crippen LogP contribution in [0, 0.1) is 22.7 Å². The fraction of sp³-hybridized carbons (Fsp3) is 0.929. The van der Waals surface area contributed by atoms with E-state index >= 15 is 0 Å². The highest BCUT2D eigenvalue weighted by atomic mass is 16.5. The Bertz CT molecular complexity index is 304. The molecule has 0 spiro atoms. The summed E-state index contributed by atoms with van der Waals surface area (Å²) in [5, 5.41) is 20.7. The second kappa shape index (κ2) is 4.96. The fourth-order valence-corrected chi connectivity index (χ4v) is 3.72. The molecule has 0 aromatic heterocycles. The number of hydrogen-bond donors (Lipinski definition) is 1. The smallest absolute Gasteiger partial charge is 0.109 e. The molecule has 1 aliphatic heterocycles. The zero-order valence-corrected chi connectivity index (χ0v) is 10.7. The minimum Gasteiger partial charge on any atom is -0.388 e. The molecule has 2 rings (SSSR count). The van der Waals surface area contributed by atoms with E-state index in [-0.39, 0.29) is 5.92 Å². The molecule has 0 radical (unpaired) electrons. The van der Waals surface area contributed by atoms with Crippen LogP contribution in [0.25, 0.3) is 0 Å². The van der Waals surface area contributed by atoms with Gasteiger partial charge in [0, 0.05) is 6.61 Å². The van der Waals surface area contributed by atoms with Crippen molar-refractivity contribution in [2.45, 2.75) is 57.5 Å². The molecule has 2 aliphatic rings. The lowest BCUT2D eigenvalue weighted by Gasteiger charge is -2.51. The van der Waals surface area contributed by atoms with Crippen molar-refractivity contribution in [3.63, 3.8) is 0 Å². The summed E-state index contributed by atoms with van der Waals surface area (Å²) >= 11 is 0. The van der Waals surface area contributed by atoms with Gasteiger partial charge in [0.05, 0.1) is 18.3 Å². The number of hydrogen-bond acceptors (Lipinski definition) is 3. The maximum absolute atomic E-state index is 11.1. The van der Waals surface area contributed by atoms with E-state index < -0.39 is 11.0 Å². The van der Waals surface area contributed by atoms with Crippen molar-refractivity contribution >= 4 is 0 Å². The van der Waals surface area contributed by atoms with Crippen molar-refractivity contribution in [2.24, 2.45) is 11.3 Å². The van der Waals surface area contributed by atoms with Crippen LogP contribution in [0.2, 0.25) is 0 Å². The molecule has 17 heavy (non-hydrogen) atoms. The van der Waals surface area contributed by atoms with Gasteiger partial charge in [0.15, 0.2) is 0 Å². The Labute approximate surface area is 104 Å². The molecule has 0 aromatic carbocycles. The molecule has 96 valence electrons. The van der Waals surface area contributed by atoms with Crippen molar-refractivity contribution in [2.75, 3.05) is 13.2 Å². The van der Waals surface area contributed by atoms with E-state index in [0.717, 1.165) is 45.1 Å². The van der Waals surface area contributed by atoms with E-state index in [1.807, 2.05) is 0 Å². The molecular weight excluding hydrogens is 214 g/mol. The Morgan fingerprint density at radius 3 is 2.76 bits per heavy atom. The third-order valence-corrected chi connectivity index (χ3v) is 4.81. The predicted octanol–water partition coefficient (Wildman–Crippen LogP) is 2.64. The van der Waals surface area contributed by atoms with Gasteiger partial charge in [0.1, 0.15) is 5.41 Å². The molecular formula is C14H23NO2. The van der Waals surface area contributed by atoms with Crippen LogP contribution >= 0.6 is 0 Å². The normalized spacial score (nSPS) is 43.0. The first-order valence-corrected chi connectivity index (χ1v) is 6.90. The van der Waals surface area contributed by atoms with Gasteiger partial charge in [-0.2, -0.15) is 5.26 Å². The van der Waals surface area contributed by atoms with E-state index in [0.29, 0.717) is 6.61 Å². The van der Waals surface area contributed by atoms with Crippen molar-refractivity contribution in [1.82, 2.24) is 0 Å². The SMILES string of the molecule is CCC1CCCCC1(O)C1(C#N)CCCOC1. The van der Waals surface area contributed by atoms with Crippen molar-refractivity contribution in [3.05, 3.63) is 0 Å². The molecule has 3 atom stereocenters. The van der Waals surface area contributed by atoms with Gasteiger partial charge in [0.25, 0.3) is 0 Å². The third kappa shape index (κ3) is 1.98. The van der Waals surface area contributed by atoms with Crippen LogP contribution in [0.1, 0.15) is 51.9 Å². The maximum Gasteiger partial charge on any atom is 0.109 e. The van der Waals surface area contributed by atoms with Crippen molar-refractivity contribution in [1.29, 1.82) is 5.26 Å². The monoisotopic (exact) mass is 237 g/mol. The van der Waals surface area contributed by atoms with Gasteiger partial charge in [-0.15, -0.1) is 0 Å². The second-order valence-electron chi connectivity index (χ2n) is 5.63. The van der Waals surface area contributed by atoms with Crippen molar-refractivity contribution in [3.8, 4) is 6.07 Å². The van der Waals surface area contributed by atoms with Gasteiger partial charge in [-0.25, -0.2) is 0 Å². The Kier molecular flexibility index (Phi) is 3.75. The first kappa shape index (κ1) is 12.9. The van der Waals surface area contributed by atoms with Crippen LogP contribution in [-0.4, -0.2) is 23.9 Å². The van der Waals surface area contributed by atoms with Crippen molar-refractivity contribution < 1.29 is 9.84 Å². The molecule has 1 heterocycles.